The SMILES string of the molecule is CCOC(=O)/C=C/C=C/CCO[Si](C)(C)C(C)(C)C. The van der Waals surface area contributed by atoms with Crippen LogP contribution >= 0.6 is 0 Å². The van der Waals surface area contributed by atoms with Crippen molar-refractivity contribution in [2.75, 3.05) is 13.2 Å². The third-order valence-corrected chi connectivity index (χ3v) is 7.86. The van der Waals surface area contributed by atoms with Crippen LogP contribution in [-0.4, -0.2) is 27.5 Å². The maximum atomic E-state index is 11.0. The second-order valence-electron chi connectivity index (χ2n) is 5.94. The van der Waals surface area contributed by atoms with Gasteiger partial charge in [0.05, 0.1) is 6.61 Å². The van der Waals surface area contributed by atoms with E-state index in [2.05, 4.69) is 33.9 Å². The number of hydrogen-bond acceptors (Lipinski definition) is 3. The highest BCUT2D eigenvalue weighted by atomic mass is 28.4. The molecule has 19 heavy (non-hydrogen) atoms. The Labute approximate surface area is 118 Å². The molecule has 0 aliphatic carbocycles. The van der Waals surface area contributed by atoms with Crippen LogP contribution in [0.25, 0.3) is 0 Å². The lowest BCUT2D eigenvalue weighted by Gasteiger charge is -2.36. The van der Waals surface area contributed by atoms with E-state index in [9.17, 15) is 4.79 Å². The van der Waals surface area contributed by atoms with Gasteiger partial charge in [-0.25, -0.2) is 4.79 Å². The second-order valence-corrected chi connectivity index (χ2v) is 10.7. The normalized spacial score (nSPS) is 13.4. The fourth-order valence-corrected chi connectivity index (χ4v) is 2.16. The van der Waals surface area contributed by atoms with Crippen molar-refractivity contribution in [2.45, 2.75) is 52.2 Å². The summed E-state index contributed by atoms with van der Waals surface area (Å²) in [4.78, 5) is 11.0. The van der Waals surface area contributed by atoms with Crippen molar-refractivity contribution in [2.24, 2.45) is 0 Å². The molecule has 0 aromatic rings. The number of carbonyl (C=O) groups is 1. The molecule has 0 atom stereocenters. The highest BCUT2D eigenvalue weighted by molar-refractivity contribution is 6.74. The zero-order valence-corrected chi connectivity index (χ0v) is 14.2. The quantitative estimate of drug-likeness (QED) is 0.232. The third kappa shape index (κ3) is 8.00. The van der Waals surface area contributed by atoms with E-state index >= 15 is 0 Å². The molecule has 0 rings (SSSR count). The Morgan fingerprint density at radius 3 is 2.37 bits per heavy atom. The van der Waals surface area contributed by atoms with Crippen molar-refractivity contribution in [1.82, 2.24) is 0 Å². The maximum absolute atomic E-state index is 11.0. The first-order valence-electron chi connectivity index (χ1n) is 6.84. The van der Waals surface area contributed by atoms with Gasteiger partial charge >= 0.3 is 5.97 Å². The lowest BCUT2D eigenvalue weighted by Crippen LogP contribution is -2.40. The predicted octanol–water partition coefficient (Wildman–Crippen LogP) is 4.07. The fourth-order valence-electron chi connectivity index (χ4n) is 1.10. The van der Waals surface area contributed by atoms with Crippen LogP contribution in [0.2, 0.25) is 18.1 Å². The summed E-state index contributed by atoms with van der Waals surface area (Å²) in [5.41, 5.74) is 0. The first-order valence-corrected chi connectivity index (χ1v) is 9.75. The van der Waals surface area contributed by atoms with Gasteiger partial charge in [-0.3, -0.25) is 0 Å². The lowest BCUT2D eigenvalue weighted by molar-refractivity contribution is -0.137. The standard InChI is InChI=1S/C15H28O3Si/c1-7-17-14(16)12-10-8-9-11-13-18-19(5,6)15(2,3)4/h8-10,12H,7,11,13H2,1-6H3/b9-8+,12-10+. The molecule has 0 bridgehead atoms. The van der Waals surface area contributed by atoms with E-state index in [0.717, 1.165) is 13.0 Å². The van der Waals surface area contributed by atoms with Gasteiger partial charge in [-0.05, 0) is 31.5 Å². The molecule has 0 saturated heterocycles. The van der Waals surface area contributed by atoms with E-state index in [1.54, 1.807) is 13.0 Å². The first kappa shape index (κ1) is 18.1. The van der Waals surface area contributed by atoms with Crippen LogP contribution < -0.4 is 0 Å². The largest absolute Gasteiger partial charge is 0.463 e. The van der Waals surface area contributed by atoms with E-state index in [-0.39, 0.29) is 11.0 Å². The monoisotopic (exact) mass is 284 g/mol. The molecule has 0 aromatic carbocycles. The average molecular weight is 284 g/mol. The molecular weight excluding hydrogens is 256 g/mol. The number of ether oxygens (including phenoxy) is 1. The molecule has 0 aromatic heterocycles. The molecule has 0 saturated carbocycles. The zero-order valence-electron chi connectivity index (χ0n) is 13.2. The minimum absolute atomic E-state index is 0.251. The number of esters is 1. The van der Waals surface area contributed by atoms with Gasteiger partial charge in [0, 0.05) is 12.7 Å². The molecule has 0 N–H and O–H groups in total. The van der Waals surface area contributed by atoms with Gasteiger partial charge in [-0.2, -0.15) is 0 Å². The molecule has 0 radical (unpaired) electrons. The molecule has 110 valence electrons. The lowest BCUT2D eigenvalue weighted by atomic mass is 10.2. The van der Waals surface area contributed by atoms with Crippen LogP contribution in [0.5, 0.6) is 0 Å². The summed E-state index contributed by atoms with van der Waals surface area (Å²) in [5, 5.41) is 0.251. The minimum Gasteiger partial charge on any atom is -0.463 e. The van der Waals surface area contributed by atoms with Gasteiger partial charge in [0.15, 0.2) is 8.32 Å². The Morgan fingerprint density at radius 1 is 1.21 bits per heavy atom. The Hall–Kier alpha value is -0.873. The van der Waals surface area contributed by atoms with Gasteiger partial charge in [-0.15, -0.1) is 0 Å². The highest BCUT2D eigenvalue weighted by Crippen LogP contribution is 2.36. The van der Waals surface area contributed by atoms with E-state index in [1.165, 1.54) is 6.08 Å². The zero-order chi connectivity index (χ0) is 14.9. The summed E-state index contributed by atoms with van der Waals surface area (Å²) >= 11 is 0. The summed E-state index contributed by atoms with van der Waals surface area (Å²) < 4.78 is 10.8. The number of allylic oxidation sites excluding steroid dienone is 2. The van der Waals surface area contributed by atoms with Crippen molar-refractivity contribution < 1.29 is 14.0 Å². The third-order valence-electron chi connectivity index (χ3n) is 3.32. The Kier molecular flexibility index (Phi) is 7.95. The summed E-state index contributed by atoms with van der Waals surface area (Å²) in [5.74, 6) is -0.301. The van der Waals surface area contributed by atoms with E-state index < -0.39 is 8.32 Å². The van der Waals surface area contributed by atoms with Crippen LogP contribution in [0, 0.1) is 0 Å². The molecule has 0 fully saturated rings. The van der Waals surface area contributed by atoms with Crippen molar-refractivity contribution >= 4 is 14.3 Å². The van der Waals surface area contributed by atoms with E-state index in [1.807, 2.05) is 12.2 Å². The van der Waals surface area contributed by atoms with Crippen LogP contribution in [-0.2, 0) is 14.0 Å². The molecule has 0 aliphatic heterocycles. The number of carbonyl (C=O) groups excluding carboxylic acids is 1. The minimum atomic E-state index is -1.63. The van der Waals surface area contributed by atoms with Gasteiger partial charge in [0.2, 0.25) is 0 Å². The summed E-state index contributed by atoms with van der Waals surface area (Å²) in [7, 11) is -1.63. The van der Waals surface area contributed by atoms with Crippen LogP contribution in [0.4, 0.5) is 0 Å². The molecular formula is C15H28O3Si. The first-order chi connectivity index (χ1) is 8.70. The van der Waals surface area contributed by atoms with Gasteiger partial charge in [0.1, 0.15) is 0 Å². The Morgan fingerprint density at radius 2 is 1.84 bits per heavy atom. The number of hydrogen-bond donors (Lipinski definition) is 0. The molecule has 0 spiro atoms. The average Bonchev–Trinajstić information content (AvgIpc) is 2.26. The van der Waals surface area contributed by atoms with Gasteiger partial charge in [-0.1, -0.05) is 39.0 Å². The van der Waals surface area contributed by atoms with Gasteiger partial charge < -0.3 is 9.16 Å². The van der Waals surface area contributed by atoms with E-state index in [0.29, 0.717) is 6.61 Å². The topological polar surface area (TPSA) is 35.5 Å². The number of rotatable bonds is 7. The second kappa shape index (κ2) is 8.33. The van der Waals surface area contributed by atoms with Crippen LogP contribution in [0.15, 0.2) is 24.3 Å². The molecule has 0 heterocycles. The van der Waals surface area contributed by atoms with Crippen LogP contribution in [0.1, 0.15) is 34.1 Å². The Bertz CT molecular complexity index is 325. The molecule has 3 nitrogen and oxygen atoms in total. The molecule has 0 amide bonds. The maximum Gasteiger partial charge on any atom is 0.330 e. The van der Waals surface area contributed by atoms with Gasteiger partial charge in [0.25, 0.3) is 0 Å². The summed E-state index contributed by atoms with van der Waals surface area (Å²) in [6, 6.07) is 0. The van der Waals surface area contributed by atoms with Crippen molar-refractivity contribution in [3.05, 3.63) is 24.3 Å². The van der Waals surface area contributed by atoms with E-state index in [4.69, 9.17) is 9.16 Å². The summed E-state index contributed by atoms with van der Waals surface area (Å²) in [6.07, 6.45) is 7.84. The predicted molar refractivity (Wildman–Crippen MR) is 82.7 cm³/mol. The van der Waals surface area contributed by atoms with Crippen LogP contribution in [0.3, 0.4) is 0 Å². The molecule has 0 aliphatic rings. The molecule has 4 heteroatoms. The smallest absolute Gasteiger partial charge is 0.330 e. The summed E-state index contributed by atoms with van der Waals surface area (Å²) in [6.45, 7) is 14.1. The van der Waals surface area contributed by atoms with Crippen molar-refractivity contribution in [3.8, 4) is 0 Å². The Balaban J connectivity index is 3.90. The fraction of sp³-hybridized carbons (Fsp3) is 0.667. The van der Waals surface area contributed by atoms with Crippen molar-refractivity contribution in [1.29, 1.82) is 0 Å². The molecule has 0 unspecified atom stereocenters. The highest BCUT2D eigenvalue weighted by Gasteiger charge is 2.36. The van der Waals surface area contributed by atoms with Crippen molar-refractivity contribution in [3.63, 3.8) is 0 Å².